The van der Waals surface area contributed by atoms with Crippen LogP contribution in [0.2, 0.25) is 0 Å². The molecule has 0 bridgehead atoms. The number of ether oxygens (including phenoxy) is 1. The zero-order chi connectivity index (χ0) is 56.4. The Morgan fingerprint density at radius 3 is 1.06 bits per heavy atom. The third-order valence-electron chi connectivity index (χ3n) is 15.7. The minimum Gasteiger partial charge on any atom is -0.756 e. The smallest absolute Gasteiger partial charge is 0.306 e. The highest BCUT2D eigenvalue weighted by Crippen LogP contribution is 2.38. The van der Waals surface area contributed by atoms with E-state index in [0.717, 1.165) is 57.8 Å². The molecule has 0 saturated carbocycles. The van der Waals surface area contributed by atoms with E-state index >= 15 is 0 Å². The maximum atomic E-state index is 13.6. The predicted octanol–water partition coefficient (Wildman–Crippen LogP) is 20.5. The number of phosphoric ester groups is 1. The van der Waals surface area contributed by atoms with E-state index in [4.69, 9.17) is 13.8 Å². The summed E-state index contributed by atoms with van der Waals surface area (Å²) >= 11 is 0. The van der Waals surface area contributed by atoms with E-state index in [2.05, 4.69) is 26.1 Å². The van der Waals surface area contributed by atoms with E-state index in [1.807, 2.05) is 33.3 Å². The molecule has 0 radical (unpaired) electrons. The fraction of sp³-hybridized carbons (Fsp3) is 0.940. The molecular weight excluding hydrogens is 976 g/mol. The Labute approximate surface area is 480 Å². The molecule has 0 aromatic carbocycles. The molecule has 458 valence electrons. The summed E-state index contributed by atoms with van der Waals surface area (Å²) in [6.07, 6.45) is 67.5. The molecule has 3 unspecified atom stereocenters. The highest BCUT2D eigenvalue weighted by atomic mass is 31.2. The van der Waals surface area contributed by atoms with E-state index in [1.54, 1.807) is 0 Å². The number of nitrogens with one attached hydrogen (secondary N) is 1. The summed E-state index contributed by atoms with van der Waals surface area (Å²) in [6.45, 7) is 6.92. The first-order chi connectivity index (χ1) is 37.4. The zero-order valence-corrected chi connectivity index (χ0v) is 53.3. The first-order valence-electron chi connectivity index (χ1n) is 34.0. The van der Waals surface area contributed by atoms with Gasteiger partial charge in [-0.2, -0.15) is 0 Å². The minimum atomic E-state index is -4.69. The van der Waals surface area contributed by atoms with Gasteiger partial charge in [0.1, 0.15) is 19.3 Å². The number of carbonyl (C=O) groups excluding carboxylic acids is 2. The maximum absolute atomic E-state index is 13.6. The molecule has 0 aliphatic heterocycles. The molecule has 9 nitrogen and oxygen atoms in total. The van der Waals surface area contributed by atoms with Gasteiger partial charge < -0.3 is 28.5 Å². The molecule has 0 rings (SSSR count). The molecule has 0 heterocycles. The molecule has 0 spiro atoms. The summed E-state index contributed by atoms with van der Waals surface area (Å²) < 4.78 is 30.4. The molecule has 0 fully saturated rings. The van der Waals surface area contributed by atoms with Crippen LogP contribution in [-0.2, 0) is 27.9 Å². The lowest BCUT2D eigenvalue weighted by Crippen LogP contribution is -2.47. The van der Waals surface area contributed by atoms with Crippen LogP contribution >= 0.6 is 7.82 Å². The summed E-state index contributed by atoms with van der Waals surface area (Å²) in [4.78, 5) is 40.1. The minimum absolute atomic E-state index is 0.0165. The largest absolute Gasteiger partial charge is 0.756 e. The van der Waals surface area contributed by atoms with Crippen molar-refractivity contribution in [1.29, 1.82) is 0 Å². The normalized spacial score (nSPS) is 13.6. The average molecular weight is 1110 g/mol. The van der Waals surface area contributed by atoms with E-state index in [0.29, 0.717) is 17.4 Å². The van der Waals surface area contributed by atoms with Gasteiger partial charge in [-0.3, -0.25) is 14.2 Å². The second-order valence-electron chi connectivity index (χ2n) is 24.7. The summed E-state index contributed by atoms with van der Waals surface area (Å²) in [5.41, 5.74) is 0. The van der Waals surface area contributed by atoms with E-state index < -0.39 is 20.0 Å². The first kappa shape index (κ1) is 75.8. The highest BCUT2D eigenvalue weighted by molar-refractivity contribution is 7.45. The van der Waals surface area contributed by atoms with E-state index in [-0.39, 0.29) is 31.5 Å². The molecule has 0 aliphatic carbocycles. The van der Waals surface area contributed by atoms with Gasteiger partial charge in [-0.15, -0.1) is 0 Å². The summed E-state index contributed by atoms with van der Waals surface area (Å²) in [5, 5.41) is 3.05. The Hall–Kier alpha value is -1.25. The Bertz CT molecular complexity index is 1320. The SMILES string of the molecule is CCCCCCCCCCCCC/C=C/C(OC(=O)CCCCCCCCCCCCCCCCCCC)C(COP(=O)([O-])OCC[N+](C)(C)C)NC(=O)CCCCCCCCCCCCCCCCCCCCCCC. The highest BCUT2D eigenvalue weighted by Gasteiger charge is 2.27. The van der Waals surface area contributed by atoms with E-state index in [1.165, 1.54) is 263 Å². The van der Waals surface area contributed by atoms with Gasteiger partial charge in [0.25, 0.3) is 7.82 Å². The lowest BCUT2D eigenvalue weighted by atomic mass is 10.0. The number of hydrogen-bond donors (Lipinski definition) is 1. The third-order valence-corrected chi connectivity index (χ3v) is 16.7. The van der Waals surface area contributed by atoms with Crippen molar-refractivity contribution >= 4 is 19.7 Å². The van der Waals surface area contributed by atoms with Crippen LogP contribution < -0.4 is 10.2 Å². The topological polar surface area (TPSA) is 114 Å². The fourth-order valence-corrected chi connectivity index (χ4v) is 11.2. The van der Waals surface area contributed by atoms with Crippen molar-refractivity contribution in [2.75, 3.05) is 40.9 Å². The van der Waals surface area contributed by atoms with Crippen molar-refractivity contribution in [1.82, 2.24) is 5.32 Å². The van der Waals surface area contributed by atoms with Gasteiger partial charge in [-0.1, -0.05) is 322 Å². The van der Waals surface area contributed by atoms with Gasteiger partial charge in [0.2, 0.25) is 5.91 Å². The predicted molar refractivity (Wildman–Crippen MR) is 330 cm³/mol. The van der Waals surface area contributed by atoms with Gasteiger partial charge in [-0.05, 0) is 31.8 Å². The monoisotopic (exact) mass is 1110 g/mol. The van der Waals surface area contributed by atoms with Gasteiger partial charge in [0.05, 0.1) is 33.8 Å². The molecule has 0 saturated heterocycles. The Kier molecular flexibility index (Phi) is 57.0. The molecular formula is C67H133N2O7P. The lowest BCUT2D eigenvalue weighted by molar-refractivity contribution is -0.870. The van der Waals surface area contributed by atoms with Gasteiger partial charge in [0.15, 0.2) is 0 Å². The molecule has 0 aromatic rings. The number of rotatable bonds is 63. The van der Waals surface area contributed by atoms with Crippen LogP contribution in [0.4, 0.5) is 0 Å². The van der Waals surface area contributed by atoms with Crippen molar-refractivity contribution in [2.24, 2.45) is 0 Å². The second kappa shape index (κ2) is 58.0. The second-order valence-corrected chi connectivity index (χ2v) is 26.1. The number of allylic oxidation sites excluding steroid dienone is 1. The Morgan fingerprint density at radius 1 is 0.442 bits per heavy atom. The molecule has 3 atom stereocenters. The van der Waals surface area contributed by atoms with Crippen molar-refractivity contribution in [2.45, 2.75) is 367 Å². The van der Waals surface area contributed by atoms with Crippen LogP contribution in [0.1, 0.15) is 355 Å². The molecule has 1 amide bonds. The quantitative estimate of drug-likeness (QED) is 0.0212. The van der Waals surface area contributed by atoms with Crippen LogP contribution in [0.5, 0.6) is 0 Å². The molecule has 0 aromatic heterocycles. The van der Waals surface area contributed by atoms with Crippen LogP contribution in [0, 0.1) is 0 Å². The van der Waals surface area contributed by atoms with Crippen molar-refractivity contribution in [3.63, 3.8) is 0 Å². The number of quaternary nitrogens is 1. The van der Waals surface area contributed by atoms with E-state index in [9.17, 15) is 19.0 Å². The van der Waals surface area contributed by atoms with Crippen LogP contribution in [0.3, 0.4) is 0 Å². The number of phosphoric acid groups is 1. The van der Waals surface area contributed by atoms with Crippen LogP contribution in [-0.4, -0.2) is 69.4 Å². The number of amides is 1. The van der Waals surface area contributed by atoms with Crippen molar-refractivity contribution in [3.8, 4) is 0 Å². The van der Waals surface area contributed by atoms with Gasteiger partial charge >= 0.3 is 5.97 Å². The molecule has 10 heteroatoms. The number of likely N-dealkylation sites (N-methyl/N-ethyl adjacent to an activating group) is 1. The van der Waals surface area contributed by atoms with Crippen molar-refractivity contribution < 1.29 is 37.3 Å². The Balaban J connectivity index is 5.13. The maximum Gasteiger partial charge on any atom is 0.306 e. The average Bonchev–Trinajstić information content (AvgIpc) is 3.39. The van der Waals surface area contributed by atoms with Gasteiger partial charge in [0, 0.05) is 12.8 Å². The number of nitrogens with zero attached hydrogens (tertiary/aromatic N) is 1. The zero-order valence-electron chi connectivity index (χ0n) is 52.5. The molecule has 77 heavy (non-hydrogen) atoms. The fourth-order valence-electron chi connectivity index (χ4n) is 10.5. The number of hydrogen-bond acceptors (Lipinski definition) is 7. The standard InChI is InChI=1S/C67H133N2O7P/c1-7-10-13-16-19-22-25-28-30-32-33-34-35-37-38-41-44-47-50-53-56-59-66(70)68-64(63-75-77(72,73)74-62-61-69(4,5)6)65(58-55-52-49-46-43-40-27-24-21-18-15-12-9-3)76-67(71)60-57-54-51-48-45-42-39-36-31-29-26-23-20-17-14-11-8-2/h55,58,64-65H,7-54,56-57,59-63H2,1-6H3,(H-,68,70,72,73)/b58-55+. The number of unbranched alkanes of at least 4 members (excludes halogenated alkanes) is 47. The number of carbonyl (C=O) groups is 2. The van der Waals surface area contributed by atoms with Gasteiger partial charge in [-0.25, -0.2) is 0 Å². The van der Waals surface area contributed by atoms with Crippen LogP contribution in [0.15, 0.2) is 12.2 Å². The third kappa shape index (κ3) is 59.2. The summed E-state index contributed by atoms with van der Waals surface area (Å²) in [7, 11) is 1.21. The lowest BCUT2D eigenvalue weighted by Gasteiger charge is -2.30. The van der Waals surface area contributed by atoms with Crippen molar-refractivity contribution in [3.05, 3.63) is 12.2 Å². The number of esters is 1. The first-order valence-corrected chi connectivity index (χ1v) is 35.5. The summed E-state index contributed by atoms with van der Waals surface area (Å²) in [5.74, 6) is -0.514. The van der Waals surface area contributed by atoms with Crippen LogP contribution in [0.25, 0.3) is 0 Å². The molecule has 0 aliphatic rings. The molecule has 1 N–H and O–H groups in total. The summed E-state index contributed by atoms with van der Waals surface area (Å²) in [6, 6.07) is -0.880. The Morgan fingerprint density at radius 2 is 0.740 bits per heavy atom.